The van der Waals surface area contributed by atoms with E-state index in [0.29, 0.717) is 31.0 Å². The molecule has 1 heterocycles. The molecule has 0 N–H and O–H groups in total. The zero-order valence-corrected chi connectivity index (χ0v) is 17.8. The molecule has 0 spiro atoms. The molecular weight excluding hydrogens is 401 g/mol. The fraction of sp³-hybridized carbons (Fsp3) is 0.450. The topological polar surface area (TPSA) is 49.3 Å². The average molecular weight is 427 g/mol. The molecule has 0 aliphatic heterocycles. The molecule has 1 aromatic heterocycles. The van der Waals surface area contributed by atoms with E-state index < -0.39 is 11.9 Å². The van der Waals surface area contributed by atoms with Crippen molar-refractivity contribution in [3.8, 4) is 0 Å². The lowest BCUT2D eigenvalue weighted by molar-refractivity contribution is -0.141. The van der Waals surface area contributed by atoms with Crippen LogP contribution in [-0.4, -0.2) is 47.5 Å². The summed E-state index contributed by atoms with van der Waals surface area (Å²) < 4.78 is 39.7. The van der Waals surface area contributed by atoms with Crippen molar-refractivity contribution < 1.29 is 18.0 Å². The summed E-state index contributed by atoms with van der Waals surface area (Å²) >= 11 is 1.14. The molecule has 0 aliphatic rings. The first kappa shape index (κ1) is 23.0. The fourth-order valence-corrected chi connectivity index (χ4v) is 3.40. The summed E-state index contributed by atoms with van der Waals surface area (Å²) in [5, 5.41) is 0.0765. The van der Waals surface area contributed by atoms with Gasteiger partial charge in [-0.3, -0.25) is 4.79 Å². The minimum absolute atomic E-state index is 0.0724. The zero-order valence-electron chi connectivity index (χ0n) is 17.0. The van der Waals surface area contributed by atoms with Crippen molar-refractivity contribution in [3.63, 3.8) is 0 Å². The predicted octanol–water partition coefficient (Wildman–Crippen LogP) is 4.73. The minimum atomic E-state index is -4.53. The molecule has 0 radical (unpaired) electrons. The maximum Gasteiger partial charge on any atom is 0.433 e. The number of hydrogen-bond donors (Lipinski definition) is 0. The summed E-state index contributed by atoms with van der Waals surface area (Å²) in [7, 11) is 1.73. The summed E-state index contributed by atoms with van der Waals surface area (Å²) in [6, 6.07) is 8.02. The molecule has 0 saturated carbocycles. The van der Waals surface area contributed by atoms with Gasteiger partial charge in [0, 0.05) is 44.1 Å². The lowest BCUT2D eigenvalue weighted by Gasteiger charge is -2.21. The van der Waals surface area contributed by atoms with Crippen LogP contribution in [-0.2, 0) is 11.9 Å². The van der Waals surface area contributed by atoms with Crippen molar-refractivity contribution in [1.82, 2.24) is 14.9 Å². The number of benzene rings is 1. The van der Waals surface area contributed by atoms with Crippen LogP contribution in [0.25, 0.3) is 0 Å². The standard InChI is InChI=1S/C20H25F3N4OS/c1-5-26(4)18(28)15-10-8-14(9-11-15)13-29-19-24-16(20(21,22)23)12-17(25-19)27(6-2)7-3/h8-12H,5-7,13H2,1-4H3. The van der Waals surface area contributed by atoms with Crippen LogP contribution in [0.1, 0.15) is 42.4 Å². The molecule has 0 bridgehead atoms. The number of carbonyl (C=O) groups is 1. The maximum atomic E-state index is 13.2. The molecule has 5 nitrogen and oxygen atoms in total. The second kappa shape index (κ2) is 9.96. The summed E-state index contributed by atoms with van der Waals surface area (Å²) in [5.41, 5.74) is 0.499. The SMILES string of the molecule is CCN(C)C(=O)c1ccc(CSc2nc(N(CC)CC)cc(C(F)(F)F)n2)cc1. The Morgan fingerprint density at radius 2 is 1.66 bits per heavy atom. The Balaban J connectivity index is 2.19. The molecular formula is C20H25F3N4OS. The van der Waals surface area contributed by atoms with E-state index in [1.54, 1.807) is 41.1 Å². The number of thioether (sulfide) groups is 1. The number of aromatic nitrogens is 2. The normalized spacial score (nSPS) is 11.4. The van der Waals surface area contributed by atoms with Crippen LogP contribution in [0.2, 0.25) is 0 Å². The second-order valence-electron chi connectivity index (χ2n) is 6.37. The summed E-state index contributed by atoms with van der Waals surface area (Å²) in [5.74, 6) is 0.594. The highest BCUT2D eigenvalue weighted by Crippen LogP contribution is 2.32. The Morgan fingerprint density at radius 1 is 1.03 bits per heavy atom. The molecule has 158 valence electrons. The second-order valence-corrected chi connectivity index (χ2v) is 7.31. The third-order valence-electron chi connectivity index (χ3n) is 4.46. The van der Waals surface area contributed by atoms with Crippen molar-refractivity contribution in [2.24, 2.45) is 0 Å². The monoisotopic (exact) mass is 426 g/mol. The van der Waals surface area contributed by atoms with Crippen LogP contribution in [0.4, 0.5) is 19.0 Å². The Bertz CT molecular complexity index is 823. The largest absolute Gasteiger partial charge is 0.433 e. The lowest BCUT2D eigenvalue weighted by Crippen LogP contribution is -2.26. The number of halogens is 3. The van der Waals surface area contributed by atoms with E-state index in [4.69, 9.17) is 0 Å². The van der Waals surface area contributed by atoms with Gasteiger partial charge in [0.05, 0.1) is 0 Å². The first-order valence-electron chi connectivity index (χ1n) is 9.37. The van der Waals surface area contributed by atoms with Crippen LogP contribution in [0.15, 0.2) is 35.5 Å². The fourth-order valence-electron chi connectivity index (χ4n) is 2.59. The Morgan fingerprint density at radius 3 is 2.17 bits per heavy atom. The molecule has 29 heavy (non-hydrogen) atoms. The molecule has 2 rings (SSSR count). The lowest BCUT2D eigenvalue weighted by atomic mass is 10.1. The van der Waals surface area contributed by atoms with Crippen LogP contribution < -0.4 is 4.90 Å². The highest BCUT2D eigenvalue weighted by atomic mass is 32.2. The Kier molecular flexibility index (Phi) is 7.89. The van der Waals surface area contributed by atoms with Gasteiger partial charge in [-0.1, -0.05) is 23.9 Å². The van der Waals surface area contributed by atoms with Gasteiger partial charge in [-0.2, -0.15) is 13.2 Å². The third-order valence-corrected chi connectivity index (χ3v) is 5.38. The summed E-state index contributed by atoms with van der Waals surface area (Å²) in [6.07, 6.45) is -4.53. The average Bonchev–Trinajstić information content (AvgIpc) is 2.71. The first-order valence-corrected chi connectivity index (χ1v) is 10.4. The van der Waals surface area contributed by atoms with Crippen molar-refractivity contribution >= 4 is 23.5 Å². The molecule has 0 aliphatic carbocycles. The van der Waals surface area contributed by atoms with Crippen molar-refractivity contribution in [1.29, 1.82) is 0 Å². The van der Waals surface area contributed by atoms with Gasteiger partial charge in [0.15, 0.2) is 10.9 Å². The van der Waals surface area contributed by atoms with Crippen LogP contribution in [0.5, 0.6) is 0 Å². The van der Waals surface area contributed by atoms with Gasteiger partial charge in [0.25, 0.3) is 5.91 Å². The molecule has 1 aromatic carbocycles. The van der Waals surface area contributed by atoms with Gasteiger partial charge in [-0.15, -0.1) is 0 Å². The van der Waals surface area contributed by atoms with Gasteiger partial charge in [-0.05, 0) is 38.5 Å². The highest BCUT2D eigenvalue weighted by Gasteiger charge is 2.34. The third kappa shape index (κ3) is 6.09. The van der Waals surface area contributed by atoms with E-state index in [2.05, 4.69) is 9.97 Å². The van der Waals surface area contributed by atoms with Crippen molar-refractivity contribution in [3.05, 3.63) is 47.2 Å². The van der Waals surface area contributed by atoms with Gasteiger partial charge in [0.1, 0.15) is 5.82 Å². The number of carbonyl (C=O) groups excluding carboxylic acids is 1. The molecule has 2 aromatic rings. The van der Waals surface area contributed by atoms with E-state index in [-0.39, 0.29) is 16.9 Å². The first-order chi connectivity index (χ1) is 13.7. The van der Waals surface area contributed by atoms with Crippen LogP contribution in [0, 0.1) is 0 Å². The molecule has 0 unspecified atom stereocenters. The van der Waals surface area contributed by atoms with Crippen molar-refractivity contribution in [2.45, 2.75) is 37.9 Å². The van der Waals surface area contributed by atoms with Crippen LogP contribution in [0.3, 0.4) is 0 Å². The van der Waals surface area contributed by atoms with Gasteiger partial charge in [0.2, 0.25) is 0 Å². The summed E-state index contributed by atoms with van der Waals surface area (Å²) in [6.45, 7) is 7.34. The van der Waals surface area contributed by atoms with Gasteiger partial charge < -0.3 is 9.80 Å². The van der Waals surface area contributed by atoms with E-state index in [9.17, 15) is 18.0 Å². The number of hydrogen-bond acceptors (Lipinski definition) is 5. The molecule has 0 saturated heterocycles. The number of nitrogens with zero attached hydrogens (tertiary/aromatic N) is 4. The number of alkyl halides is 3. The summed E-state index contributed by atoms with van der Waals surface area (Å²) in [4.78, 5) is 23.5. The number of anilines is 1. The van der Waals surface area contributed by atoms with Crippen LogP contribution >= 0.6 is 11.8 Å². The van der Waals surface area contributed by atoms with Gasteiger partial charge in [-0.25, -0.2) is 9.97 Å². The number of rotatable bonds is 8. The zero-order chi connectivity index (χ0) is 21.6. The predicted molar refractivity (Wildman–Crippen MR) is 109 cm³/mol. The van der Waals surface area contributed by atoms with E-state index >= 15 is 0 Å². The molecule has 0 atom stereocenters. The highest BCUT2D eigenvalue weighted by molar-refractivity contribution is 7.98. The van der Waals surface area contributed by atoms with E-state index in [0.717, 1.165) is 23.4 Å². The maximum absolute atomic E-state index is 13.2. The van der Waals surface area contributed by atoms with E-state index in [1.807, 2.05) is 20.8 Å². The molecule has 9 heteroatoms. The number of amides is 1. The van der Waals surface area contributed by atoms with E-state index in [1.165, 1.54) is 0 Å². The van der Waals surface area contributed by atoms with Crippen molar-refractivity contribution in [2.75, 3.05) is 31.6 Å². The Hall–Kier alpha value is -2.29. The smallest absolute Gasteiger partial charge is 0.357 e. The quantitative estimate of drug-likeness (QED) is 0.451. The molecule has 0 fully saturated rings. The Labute approximate surface area is 173 Å². The molecule has 1 amide bonds. The van der Waals surface area contributed by atoms with Gasteiger partial charge >= 0.3 is 6.18 Å². The minimum Gasteiger partial charge on any atom is -0.357 e.